The molecule has 0 bridgehead atoms. The topological polar surface area (TPSA) is 109 Å². The summed E-state index contributed by atoms with van der Waals surface area (Å²) in [4.78, 5) is 49.1. The Hall–Kier alpha value is -3.93. The Balaban J connectivity index is 1.75. The van der Waals surface area contributed by atoms with Gasteiger partial charge < -0.3 is 15.5 Å². The van der Waals surface area contributed by atoms with E-state index in [2.05, 4.69) is 20.6 Å². The summed E-state index contributed by atoms with van der Waals surface area (Å²) in [5.74, 6) is -0.802. The molecule has 0 saturated carbocycles. The third-order valence-corrected chi connectivity index (χ3v) is 6.61. The number of carbonyl (C=O) groups is 2. The van der Waals surface area contributed by atoms with Crippen molar-refractivity contribution in [1.82, 2.24) is 24.8 Å². The Morgan fingerprint density at radius 2 is 1.90 bits per heavy atom. The second kappa shape index (κ2) is 10.7. The minimum Gasteiger partial charge on any atom is -0.354 e. The van der Waals surface area contributed by atoms with E-state index in [1.807, 2.05) is 13.8 Å². The van der Waals surface area contributed by atoms with Crippen molar-refractivity contribution in [3.05, 3.63) is 80.0 Å². The first-order valence-corrected chi connectivity index (χ1v) is 12.5. The van der Waals surface area contributed by atoms with Gasteiger partial charge in [-0.3, -0.25) is 14.4 Å². The second-order valence-electron chi connectivity index (χ2n) is 9.46. The maximum atomic E-state index is 13.7. The molecule has 0 saturated heterocycles. The van der Waals surface area contributed by atoms with Gasteiger partial charge in [0.05, 0.1) is 34.7 Å². The lowest BCUT2D eigenvalue weighted by Crippen LogP contribution is -2.46. The molecular weight excluding hydrogens is 537 g/mol. The van der Waals surface area contributed by atoms with Crippen molar-refractivity contribution in [3.63, 3.8) is 0 Å². The Kier molecular flexibility index (Phi) is 7.69. The Labute approximate surface area is 227 Å². The molecule has 1 atom stereocenters. The quantitative estimate of drug-likeness (QED) is 0.485. The predicted molar refractivity (Wildman–Crippen MR) is 139 cm³/mol. The predicted octanol–water partition coefficient (Wildman–Crippen LogP) is 4.07. The van der Waals surface area contributed by atoms with E-state index in [0.717, 1.165) is 12.1 Å². The highest BCUT2D eigenvalue weighted by molar-refractivity contribution is 6.31. The van der Waals surface area contributed by atoms with Gasteiger partial charge in [-0.15, -0.1) is 0 Å². The molecule has 3 aromatic rings. The molecule has 3 heterocycles. The fourth-order valence-electron chi connectivity index (χ4n) is 4.35. The number of amides is 2. The van der Waals surface area contributed by atoms with Crippen molar-refractivity contribution in [2.45, 2.75) is 52.0 Å². The normalized spacial score (nSPS) is 15.2. The lowest BCUT2D eigenvalue weighted by atomic mass is 9.98. The Morgan fingerprint density at radius 3 is 2.49 bits per heavy atom. The van der Waals surface area contributed by atoms with E-state index in [9.17, 15) is 27.6 Å². The Morgan fingerprint density at radius 1 is 1.18 bits per heavy atom. The number of anilines is 1. The lowest BCUT2D eigenvalue weighted by molar-refractivity contribution is -0.137. The van der Waals surface area contributed by atoms with Crippen LogP contribution in [0.5, 0.6) is 0 Å². The van der Waals surface area contributed by atoms with Crippen LogP contribution in [0.3, 0.4) is 0 Å². The molecule has 2 aromatic heterocycles. The second-order valence-corrected chi connectivity index (χ2v) is 9.87. The van der Waals surface area contributed by atoms with Gasteiger partial charge >= 0.3 is 6.18 Å². The van der Waals surface area contributed by atoms with Gasteiger partial charge in [-0.05, 0) is 57.5 Å². The van der Waals surface area contributed by atoms with E-state index in [0.29, 0.717) is 16.9 Å². The summed E-state index contributed by atoms with van der Waals surface area (Å²) in [6, 6.07) is 5.48. The maximum absolute atomic E-state index is 13.7. The molecule has 0 spiro atoms. The monoisotopic (exact) mass is 562 g/mol. The van der Waals surface area contributed by atoms with E-state index >= 15 is 0 Å². The zero-order chi connectivity index (χ0) is 28.6. The zero-order valence-electron chi connectivity index (χ0n) is 21.6. The van der Waals surface area contributed by atoms with Crippen LogP contribution in [0.1, 0.15) is 58.4 Å². The first-order valence-electron chi connectivity index (χ1n) is 12.1. The maximum Gasteiger partial charge on any atom is 0.417 e. The average Bonchev–Trinajstić information content (AvgIpc) is 2.87. The van der Waals surface area contributed by atoms with E-state index < -0.39 is 28.7 Å². The molecule has 0 aliphatic carbocycles. The molecule has 0 fully saturated rings. The van der Waals surface area contributed by atoms with Crippen molar-refractivity contribution >= 4 is 29.4 Å². The average molecular weight is 563 g/mol. The lowest BCUT2D eigenvalue weighted by Gasteiger charge is -2.35. The highest BCUT2D eigenvalue weighted by Crippen LogP contribution is 2.36. The molecule has 1 aliphatic rings. The third-order valence-electron chi connectivity index (χ3n) is 6.28. The van der Waals surface area contributed by atoms with Gasteiger partial charge in [0.1, 0.15) is 5.69 Å². The van der Waals surface area contributed by atoms with Crippen molar-refractivity contribution < 1.29 is 22.8 Å². The van der Waals surface area contributed by atoms with E-state index in [1.54, 1.807) is 13.0 Å². The fourth-order valence-corrected chi connectivity index (χ4v) is 4.57. The van der Waals surface area contributed by atoms with E-state index in [1.165, 1.54) is 34.8 Å². The van der Waals surface area contributed by atoms with Crippen LogP contribution in [0.2, 0.25) is 5.02 Å². The largest absolute Gasteiger partial charge is 0.417 e. The van der Waals surface area contributed by atoms with E-state index in [-0.39, 0.29) is 47.7 Å². The van der Waals surface area contributed by atoms with Gasteiger partial charge in [0.15, 0.2) is 0 Å². The smallest absolute Gasteiger partial charge is 0.354 e. The van der Waals surface area contributed by atoms with Crippen LogP contribution in [0.15, 0.2) is 41.3 Å². The van der Waals surface area contributed by atoms with Gasteiger partial charge in [0.2, 0.25) is 5.95 Å². The van der Waals surface area contributed by atoms with Gasteiger partial charge in [0, 0.05) is 30.3 Å². The van der Waals surface area contributed by atoms with Crippen LogP contribution in [0, 0.1) is 0 Å². The number of alkyl halides is 3. The number of rotatable bonds is 5. The molecular formula is C26H26ClF3N6O3. The number of hydrogen-bond donors (Lipinski definition) is 2. The minimum absolute atomic E-state index is 0.0734. The standard InChI is InChI=1S/C26H26ClF3N6O3/c1-13(2)33-25-34-21-12-35(23(38)15-5-7-19(27)18(10-15)26(28,29)30)14(3)9-17(21)24(39)36(25)16-6-8-20(32-11-16)22(37)31-4/h5-8,10-11,13-14H,9,12H2,1-4H3,(H,31,37)(H,33,34)/t14-/m1/s1. The van der Waals surface area contributed by atoms with Gasteiger partial charge in [-0.2, -0.15) is 13.2 Å². The molecule has 206 valence electrons. The number of fused-ring (bicyclic) bond motifs is 1. The molecule has 9 nitrogen and oxygen atoms in total. The fraction of sp³-hybridized carbons (Fsp3) is 0.346. The summed E-state index contributed by atoms with van der Waals surface area (Å²) in [7, 11) is 1.48. The molecule has 0 radical (unpaired) electrons. The number of pyridine rings is 1. The number of halogens is 4. The van der Waals surface area contributed by atoms with Crippen LogP contribution in [0.25, 0.3) is 5.69 Å². The van der Waals surface area contributed by atoms with Gasteiger partial charge in [0.25, 0.3) is 17.4 Å². The van der Waals surface area contributed by atoms with Crippen molar-refractivity contribution in [2.24, 2.45) is 0 Å². The number of carbonyl (C=O) groups excluding carboxylic acids is 2. The van der Waals surface area contributed by atoms with Crippen molar-refractivity contribution in [2.75, 3.05) is 12.4 Å². The molecule has 39 heavy (non-hydrogen) atoms. The number of hydrogen-bond acceptors (Lipinski definition) is 6. The minimum atomic E-state index is -4.72. The molecule has 0 unspecified atom stereocenters. The number of aromatic nitrogens is 3. The first kappa shape index (κ1) is 28.1. The SMILES string of the molecule is CNC(=O)c1ccc(-n2c(NC(C)C)nc3c(c2=O)C[C@@H](C)N(C(=O)c2ccc(Cl)c(C(F)(F)F)c2)C3)cn1. The number of nitrogens with one attached hydrogen (secondary N) is 2. The molecule has 2 N–H and O–H groups in total. The van der Waals surface area contributed by atoms with Gasteiger partial charge in [-0.1, -0.05) is 11.6 Å². The van der Waals surface area contributed by atoms with Crippen LogP contribution < -0.4 is 16.2 Å². The summed E-state index contributed by atoms with van der Waals surface area (Å²) in [6.07, 6.45) is -3.18. The molecule has 1 aliphatic heterocycles. The zero-order valence-corrected chi connectivity index (χ0v) is 22.3. The van der Waals surface area contributed by atoms with Crippen molar-refractivity contribution in [3.8, 4) is 5.69 Å². The number of benzene rings is 1. The third kappa shape index (κ3) is 5.60. The van der Waals surface area contributed by atoms with Crippen molar-refractivity contribution in [1.29, 1.82) is 0 Å². The highest BCUT2D eigenvalue weighted by Gasteiger charge is 2.36. The molecule has 1 aromatic carbocycles. The summed E-state index contributed by atoms with van der Waals surface area (Å²) in [5, 5.41) is 5.11. The van der Waals surface area contributed by atoms with Crippen LogP contribution >= 0.6 is 11.6 Å². The van der Waals surface area contributed by atoms with E-state index in [4.69, 9.17) is 11.6 Å². The van der Waals surface area contributed by atoms with Crippen LogP contribution in [-0.2, 0) is 19.1 Å². The summed E-state index contributed by atoms with van der Waals surface area (Å²) >= 11 is 5.72. The first-order chi connectivity index (χ1) is 18.3. The summed E-state index contributed by atoms with van der Waals surface area (Å²) < 4.78 is 41.5. The molecule has 2 amide bonds. The highest BCUT2D eigenvalue weighted by atomic mass is 35.5. The number of nitrogens with zero attached hydrogens (tertiary/aromatic N) is 4. The molecule has 4 rings (SSSR count). The summed E-state index contributed by atoms with van der Waals surface area (Å²) in [5.41, 5.74) is -0.356. The van der Waals surface area contributed by atoms with Gasteiger partial charge in [-0.25, -0.2) is 14.5 Å². The van der Waals surface area contributed by atoms with Crippen LogP contribution in [0.4, 0.5) is 19.1 Å². The van der Waals surface area contributed by atoms with Crippen LogP contribution in [-0.4, -0.2) is 50.4 Å². The summed E-state index contributed by atoms with van der Waals surface area (Å²) in [6.45, 7) is 5.36. The Bertz CT molecular complexity index is 1490. The molecule has 13 heteroatoms.